The molecule has 0 spiro atoms. The minimum Gasteiger partial charge on any atom is -0.493 e. The van der Waals surface area contributed by atoms with E-state index >= 15 is 0 Å². The predicted molar refractivity (Wildman–Crippen MR) is 62.8 cm³/mol. The highest BCUT2D eigenvalue weighted by molar-refractivity contribution is 5.92. The minimum absolute atomic E-state index is 0.119. The van der Waals surface area contributed by atoms with E-state index in [1.54, 1.807) is 18.2 Å². The summed E-state index contributed by atoms with van der Waals surface area (Å²) in [6.45, 7) is 6.28. The van der Waals surface area contributed by atoms with Gasteiger partial charge in [0.05, 0.1) is 12.7 Å². The lowest BCUT2D eigenvalue weighted by Gasteiger charge is -2.12. The largest absolute Gasteiger partial charge is 0.493 e. The lowest BCUT2D eigenvalue weighted by molar-refractivity contribution is 0.0373. The van der Waals surface area contributed by atoms with Crippen LogP contribution in [0.2, 0.25) is 0 Å². The smallest absolute Gasteiger partial charge is 0.342 e. The van der Waals surface area contributed by atoms with Gasteiger partial charge in [0, 0.05) is 0 Å². The Morgan fingerprint density at radius 2 is 2.00 bits per heavy atom. The van der Waals surface area contributed by atoms with Crippen LogP contribution in [-0.2, 0) is 4.74 Å². The first-order valence-corrected chi connectivity index (χ1v) is 5.58. The molecule has 16 heavy (non-hydrogen) atoms. The topological polar surface area (TPSA) is 35.5 Å². The van der Waals surface area contributed by atoms with Crippen LogP contribution in [0.5, 0.6) is 5.75 Å². The minimum atomic E-state index is -0.332. The van der Waals surface area contributed by atoms with Gasteiger partial charge in [0.15, 0.2) is 0 Å². The summed E-state index contributed by atoms with van der Waals surface area (Å²) in [6.07, 6.45) is 0.792. The van der Waals surface area contributed by atoms with Crippen molar-refractivity contribution >= 4 is 5.97 Å². The van der Waals surface area contributed by atoms with E-state index in [1.165, 1.54) is 0 Å². The summed E-state index contributed by atoms with van der Waals surface area (Å²) >= 11 is 0. The van der Waals surface area contributed by atoms with Gasteiger partial charge in [-0.2, -0.15) is 0 Å². The number of carbonyl (C=O) groups excluding carboxylic acids is 1. The van der Waals surface area contributed by atoms with E-state index in [9.17, 15) is 4.79 Å². The van der Waals surface area contributed by atoms with Gasteiger partial charge in [-0.05, 0) is 32.4 Å². The molecule has 1 rings (SSSR count). The van der Waals surface area contributed by atoms with Gasteiger partial charge >= 0.3 is 5.97 Å². The number of hydrogen-bond donors (Lipinski definition) is 0. The fraction of sp³-hybridized carbons (Fsp3) is 0.462. The van der Waals surface area contributed by atoms with Crippen LogP contribution in [0.4, 0.5) is 0 Å². The number of esters is 1. The van der Waals surface area contributed by atoms with Gasteiger partial charge in [-0.3, -0.25) is 0 Å². The molecule has 0 aliphatic heterocycles. The third-order valence-corrected chi connectivity index (χ3v) is 1.91. The maximum atomic E-state index is 11.7. The van der Waals surface area contributed by atoms with Gasteiger partial charge in [-0.15, -0.1) is 0 Å². The molecule has 1 aromatic rings. The summed E-state index contributed by atoms with van der Waals surface area (Å²) in [5.74, 6) is 0.261. The van der Waals surface area contributed by atoms with Gasteiger partial charge in [0.2, 0.25) is 0 Å². The molecule has 0 atom stereocenters. The molecule has 3 heteroatoms. The van der Waals surface area contributed by atoms with Gasteiger partial charge < -0.3 is 9.47 Å². The lowest BCUT2D eigenvalue weighted by Crippen LogP contribution is -2.13. The molecule has 0 fully saturated rings. The molecule has 0 unspecified atom stereocenters. The molecule has 0 saturated carbocycles. The highest BCUT2D eigenvalue weighted by Gasteiger charge is 2.14. The Hall–Kier alpha value is -1.51. The van der Waals surface area contributed by atoms with Crippen LogP contribution >= 0.6 is 0 Å². The van der Waals surface area contributed by atoms with Crippen molar-refractivity contribution in [2.45, 2.75) is 33.3 Å². The Labute approximate surface area is 96.4 Å². The van der Waals surface area contributed by atoms with E-state index in [4.69, 9.17) is 9.47 Å². The van der Waals surface area contributed by atoms with Crippen molar-refractivity contribution in [3.63, 3.8) is 0 Å². The van der Waals surface area contributed by atoms with Gasteiger partial charge in [-0.25, -0.2) is 4.79 Å². The molecule has 0 aliphatic carbocycles. The Morgan fingerprint density at radius 3 is 2.62 bits per heavy atom. The standard InChI is InChI=1S/C13H18O3/c1-4-9-15-12-8-6-5-7-11(12)13(14)16-10(2)3/h5-8,10H,4,9H2,1-3H3. The molecule has 0 bridgehead atoms. The third-order valence-electron chi connectivity index (χ3n) is 1.91. The van der Waals surface area contributed by atoms with Crippen LogP contribution in [0.1, 0.15) is 37.6 Å². The second-order valence-corrected chi connectivity index (χ2v) is 3.80. The molecule has 0 radical (unpaired) electrons. The van der Waals surface area contributed by atoms with Crippen molar-refractivity contribution in [1.82, 2.24) is 0 Å². The molecule has 1 aromatic carbocycles. The van der Waals surface area contributed by atoms with E-state index in [2.05, 4.69) is 0 Å². The molecular weight excluding hydrogens is 204 g/mol. The fourth-order valence-corrected chi connectivity index (χ4v) is 1.25. The highest BCUT2D eigenvalue weighted by Crippen LogP contribution is 2.19. The number of ether oxygens (including phenoxy) is 2. The Bertz CT molecular complexity index is 345. The number of rotatable bonds is 5. The second kappa shape index (κ2) is 6.16. The zero-order valence-electron chi connectivity index (χ0n) is 10.0. The van der Waals surface area contributed by atoms with Crippen LogP contribution in [0.3, 0.4) is 0 Å². The molecule has 0 saturated heterocycles. The third kappa shape index (κ3) is 3.57. The molecule has 0 amide bonds. The summed E-state index contributed by atoms with van der Waals surface area (Å²) in [7, 11) is 0. The Kier molecular flexibility index (Phi) is 4.83. The molecule has 3 nitrogen and oxygen atoms in total. The number of hydrogen-bond acceptors (Lipinski definition) is 3. The summed E-state index contributed by atoms with van der Waals surface area (Å²) in [5, 5.41) is 0. The monoisotopic (exact) mass is 222 g/mol. The lowest BCUT2D eigenvalue weighted by atomic mass is 10.2. The van der Waals surface area contributed by atoms with Crippen molar-refractivity contribution in [1.29, 1.82) is 0 Å². The molecule has 88 valence electrons. The van der Waals surface area contributed by atoms with Crippen molar-refractivity contribution in [3.8, 4) is 5.75 Å². The summed E-state index contributed by atoms with van der Waals surface area (Å²) < 4.78 is 10.6. The van der Waals surface area contributed by atoms with E-state index < -0.39 is 0 Å². The molecule has 0 N–H and O–H groups in total. The first-order valence-electron chi connectivity index (χ1n) is 5.58. The van der Waals surface area contributed by atoms with E-state index in [0.29, 0.717) is 17.9 Å². The highest BCUT2D eigenvalue weighted by atomic mass is 16.5. The summed E-state index contributed by atoms with van der Waals surface area (Å²) in [6, 6.07) is 7.15. The SMILES string of the molecule is CCCOc1ccccc1C(=O)OC(C)C. The van der Waals surface area contributed by atoms with Crippen molar-refractivity contribution in [2.75, 3.05) is 6.61 Å². The van der Waals surface area contributed by atoms with Crippen molar-refractivity contribution in [2.24, 2.45) is 0 Å². The van der Waals surface area contributed by atoms with E-state index in [-0.39, 0.29) is 12.1 Å². The molecule has 0 heterocycles. The van der Waals surface area contributed by atoms with Crippen LogP contribution in [0.25, 0.3) is 0 Å². The van der Waals surface area contributed by atoms with E-state index in [0.717, 1.165) is 6.42 Å². The van der Waals surface area contributed by atoms with Crippen LogP contribution < -0.4 is 4.74 Å². The van der Waals surface area contributed by atoms with Gasteiger partial charge in [0.1, 0.15) is 11.3 Å². The van der Waals surface area contributed by atoms with Crippen molar-refractivity contribution in [3.05, 3.63) is 29.8 Å². The maximum Gasteiger partial charge on any atom is 0.342 e. The first kappa shape index (κ1) is 12.6. The van der Waals surface area contributed by atoms with Gasteiger partial charge in [-0.1, -0.05) is 19.1 Å². The maximum absolute atomic E-state index is 11.7. The summed E-state index contributed by atoms with van der Waals surface area (Å²) in [4.78, 5) is 11.7. The predicted octanol–water partition coefficient (Wildman–Crippen LogP) is 3.04. The molecule has 0 aliphatic rings. The first-order chi connectivity index (χ1) is 7.65. The van der Waals surface area contributed by atoms with Crippen LogP contribution in [-0.4, -0.2) is 18.7 Å². The Balaban J connectivity index is 2.81. The van der Waals surface area contributed by atoms with E-state index in [1.807, 2.05) is 26.8 Å². The quantitative estimate of drug-likeness (QED) is 0.718. The number of benzene rings is 1. The fourth-order valence-electron chi connectivity index (χ4n) is 1.25. The molecular formula is C13H18O3. The zero-order valence-corrected chi connectivity index (χ0v) is 10.0. The van der Waals surface area contributed by atoms with Gasteiger partial charge in [0.25, 0.3) is 0 Å². The molecule has 0 aromatic heterocycles. The average Bonchev–Trinajstić information content (AvgIpc) is 2.25. The Morgan fingerprint density at radius 1 is 1.31 bits per heavy atom. The number of para-hydroxylation sites is 1. The van der Waals surface area contributed by atoms with Crippen LogP contribution in [0.15, 0.2) is 24.3 Å². The van der Waals surface area contributed by atoms with Crippen LogP contribution in [0, 0.1) is 0 Å². The average molecular weight is 222 g/mol. The van der Waals surface area contributed by atoms with Crippen molar-refractivity contribution < 1.29 is 14.3 Å². The number of carbonyl (C=O) groups is 1. The second-order valence-electron chi connectivity index (χ2n) is 3.80. The normalized spacial score (nSPS) is 10.2. The zero-order chi connectivity index (χ0) is 12.0. The summed E-state index contributed by atoms with van der Waals surface area (Å²) in [5.41, 5.74) is 0.490.